The molecule has 5 nitrogen and oxygen atoms in total. The molecule has 0 radical (unpaired) electrons. The molecule has 0 fully saturated rings. The van der Waals surface area contributed by atoms with Crippen LogP contribution in [0.4, 0.5) is 5.95 Å². The van der Waals surface area contributed by atoms with Crippen molar-refractivity contribution in [2.75, 3.05) is 4.72 Å². The zero-order valence-electron chi connectivity index (χ0n) is 13.4. The summed E-state index contributed by atoms with van der Waals surface area (Å²) in [6.45, 7) is 3.81. The molecule has 0 aliphatic heterocycles. The first kappa shape index (κ1) is 16.1. The van der Waals surface area contributed by atoms with Gasteiger partial charge in [-0.2, -0.15) is 0 Å². The summed E-state index contributed by atoms with van der Waals surface area (Å²) >= 11 is 0. The Morgan fingerprint density at radius 3 is 2.21 bits per heavy atom. The van der Waals surface area contributed by atoms with Crippen LogP contribution in [0.1, 0.15) is 11.3 Å². The molecule has 0 aliphatic rings. The fourth-order valence-electron chi connectivity index (χ4n) is 2.27. The zero-order chi connectivity index (χ0) is 17.2. The minimum absolute atomic E-state index is 0.0643. The minimum Gasteiger partial charge on any atom is -0.247 e. The molecule has 1 aromatic heterocycles. The van der Waals surface area contributed by atoms with Crippen LogP contribution in [0.3, 0.4) is 0 Å². The van der Waals surface area contributed by atoms with E-state index in [-0.39, 0.29) is 10.8 Å². The maximum Gasteiger partial charge on any atom is 0.264 e. The first-order chi connectivity index (χ1) is 11.4. The number of benzene rings is 2. The summed E-state index contributed by atoms with van der Waals surface area (Å²) in [7, 11) is -3.71. The zero-order valence-corrected chi connectivity index (χ0v) is 14.2. The Hall–Kier alpha value is -2.73. The van der Waals surface area contributed by atoms with Crippen LogP contribution in [-0.2, 0) is 10.0 Å². The lowest BCUT2D eigenvalue weighted by atomic mass is 10.1. The van der Waals surface area contributed by atoms with Gasteiger partial charge in [-0.15, -0.1) is 0 Å². The molecule has 1 N–H and O–H groups in total. The van der Waals surface area contributed by atoms with Crippen molar-refractivity contribution in [1.29, 1.82) is 0 Å². The van der Waals surface area contributed by atoms with Gasteiger partial charge in [0.2, 0.25) is 5.95 Å². The molecule has 0 amide bonds. The molecule has 24 heavy (non-hydrogen) atoms. The Morgan fingerprint density at radius 2 is 1.54 bits per heavy atom. The van der Waals surface area contributed by atoms with E-state index in [1.165, 1.54) is 12.1 Å². The molecule has 0 atom stereocenters. The molecular weight excluding hydrogens is 322 g/mol. The third-order valence-corrected chi connectivity index (χ3v) is 4.82. The number of nitrogens with zero attached hydrogens (tertiary/aromatic N) is 2. The molecule has 3 aromatic rings. The highest BCUT2D eigenvalue weighted by Crippen LogP contribution is 2.21. The van der Waals surface area contributed by atoms with Crippen molar-refractivity contribution in [3.8, 4) is 11.3 Å². The maximum atomic E-state index is 12.4. The quantitative estimate of drug-likeness (QED) is 0.789. The molecule has 6 heteroatoms. The molecule has 0 bridgehead atoms. The van der Waals surface area contributed by atoms with Gasteiger partial charge in [0.15, 0.2) is 0 Å². The van der Waals surface area contributed by atoms with Gasteiger partial charge < -0.3 is 0 Å². The number of rotatable bonds is 4. The lowest BCUT2D eigenvalue weighted by Gasteiger charge is -2.09. The van der Waals surface area contributed by atoms with Crippen LogP contribution < -0.4 is 4.72 Å². The first-order valence-corrected chi connectivity index (χ1v) is 8.93. The summed E-state index contributed by atoms with van der Waals surface area (Å²) < 4.78 is 27.3. The molecule has 0 unspecified atom stereocenters. The number of hydrogen-bond donors (Lipinski definition) is 1. The lowest BCUT2D eigenvalue weighted by molar-refractivity contribution is 0.601. The van der Waals surface area contributed by atoms with Crippen LogP contribution in [0.25, 0.3) is 11.3 Å². The number of aryl methyl sites for hydroxylation is 2. The van der Waals surface area contributed by atoms with Crippen LogP contribution in [0.5, 0.6) is 0 Å². The Labute approximate surface area is 141 Å². The summed E-state index contributed by atoms with van der Waals surface area (Å²) in [6, 6.07) is 17.9. The van der Waals surface area contributed by atoms with E-state index in [4.69, 9.17) is 0 Å². The molecule has 3 rings (SSSR count). The van der Waals surface area contributed by atoms with Gasteiger partial charge in [0.25, 0.3) is 10.0 Å². The summed E-state index contributed by atoms with van der Waals surface area (Å²) in [6.07, 6.45) is 0. The summed E-state index contributed by atoms with van der Waals surface area (Å²) in [5, 5.41) is 0. The molecule has 2 aromatic carbocycles. The van der Waals surface area contributed by atoms with E-state index >= 15 is 0 Å². The number of hydrogen-bond acceptors (Lipinski definition) is 4. The van der Waals surface area contributed by atoms with Crippen LogP contribution in [0.2, 0.25) is 0 Å². The maximum absolute atomic E-state index is 12.4. The van der Waals surface area contributed by atoms with Gasteiger partial charge in [-0.1, -0.05) is 48.0 Å². The SMILES string of the molecule is Cc1ccc(-c2cc(C)nc(NS(=O)(=O)c3ccccc3)n2)cc1. The Balaban J connectivity index is 1.96. The van der Waals surface area contributed by atoms with Gasteiger partial charge in [0.05, 0.1) is 10.6 Å². The highest BCUT2D eigenvalue weighted by atomic mass is 32.2. The van der Waals surface area contributed by atoms with Crippen LogP contribution in [-0.4, -0.2) is 18.4 Å². The predicted molar refractivity (Wildman–Crippen MR) is 94.2 cm³/mol. The second-order valence-electron chi connectivity index (χ2n) is 5.50. The van der Waals surface area contributed by atoms with Crippen molar-refractivity contribution in [3.05, 3.63) is 71.9 Å². The molecular formula is C18H17N3O2S. The fraction of sp³-hybridized carbons (Fsp3) is 0.111. The highest BCUT2D eigenvalue weighted by Gasteiger charge is 2.16. The van der Waals surface area contributed by atoms with Crippen molar-refractivity contribution >= 4 is 16.0 Å². The summed E-state index contributed by atoms with van der Waals surface area (Å²) in [5.74, 6) is 0.0643. The third-order valence-electron chi connectivity index (χ3n) is 3.48. The van der Waals surface area contributed by atoms with E-state index in [2.05, 4.69) is 14.7 Å². The van der Waals surface area contributed by atoms with E-state index in [0.717, 1.165) is 11.1 Å². The topological polar surface area (TPSA) is 72.0 Å². The number of aromatic nitrogens is 2. The van der Waals surface area contributed by atoms with Gasteiger partial charge in [-0.3, -0.25) is 0 Å². The van der Waals surface area contributed by atoms with Crippen LogP contribution in [0, 0.1) is 13.8 Å². The van der Waals surface area contributed by atoms with Gasteiger partial charge in [-0.25, -0.2) is 23.1 Å². The van der Waals surface area contributed by atoms with Gasteiger partial charge in [0.1, 0.15) is 0 Å². The van der Waals surface area contributed by atoms with Crippen molar-refractivity contribution in [2.24, 2.45) is 0 Å². The minimum atomic E-state index is -3.71. The van der Waals surface area contributed by atoms with Crippen molar-refractivity contribution in [2.45, 2.75) is 18.7 Å². The second kappa shape index (κ2) is 6.41. The normalized spacial score (nSPS) is 11.2. The van der Waals surface area contributed by atoms with Crippen molar-refractivity contribution in [1.82, 2.24) is 9.97 Å². The molecule has 122 valence electrons. The molecule has 0 saturated carbocycles. The third kappa shape index (κ3) is 3.60. The van der Waals surface area contributed by atoms with Crippen LogP contribution >= 0.6 is 0 Å². The summed E-state index contributed by atoms with van der Waals surface area (Å²) in [4.78, 5) is 8.70. The average molecular weight is 339 g/mol. The second-order valence-corrected chi connectivity index (χ2v) is 7.19. The van der Waals surface area contributed by atoms with E-state index in [1.54, 1.807) is 25.1 Å². The van der Waals surface area contributed by atoms with Crippen LogP contribution in [0.15, 0.2) is 65.6 Å². The molecule has 0 spiro atoms. The van der Waals surface area contributed by atoms with Crippen molar-refractivity contribution in [3.63, 3.8) is 0 Å². The number of anilines is 1. The Morgan fingerprint density at radius 1 is 0.875 bits per heavy atom. The van der Waals surface area contributed by atoms with E-state index in [9.17, 15) is 8.42 Å². The Bertz CT molecular complexity index is 953. The number of nitrogens with one attached hydrogen (secondary N) is 1. The smallest absolute Gasteiger partial charge is 0.247 e. The molecule has 0 aliphatic carbocycles. The fourth-order valence-corrected chi connectivity index (χ4v) is 3.23. The number of sulfonamides is 1. The predicted octanol–water partition coefficient (Wildman–Crippen LogP) is 3.56. The summed E-state index contributed by atoms with van der Waals surface area (Å²) in [5.41, 5.74) is 3.42. The molecule has 0 saturated heterocycles. The van der Waals surface area contributed by atoms with E-state index in [1.807, 2.05) is 37.3 Å². The molecule has 1 heterocycles. The van der Waals surface area contributed by atoms with Gasteiger partial charge in [0, 0.05) is 11.3 Å². The highest BCUT2D eigenvalue weighted by molar-refractivity contribution is 7.92. The van der Waals surface area contributed by atoms with E-state index < -0.39 is 10.0 Å². The van der Waals surface area contributed by atoms with Crippen molar-refractivity contribution < 1.29 is 8.42 Å². The largest absolute Gasteiger partial charge is 0.264 e. The van der Waals surface area contributed by atoms with E-state index in [0.29, 0.717) is 11.4 Å². The van der Waals surface area contributed by atoms with Gasteiger partial charge >= 0.3 is 0 Å². The monoisotopic (exact) mass is 339 g/mol. The first-order valence-electron chi connectivity index (χ1n) is 7.45. The van der Waals surface area contributed by atoms with Gasteiger partial charge in [-0.05, 0) is 32.0 Å². The Kier molecular flexibility index (Phi) is 4.31. The standard InChI is InChI=1S/C18H17N3O2S/c1-13-8-10-15(11-9-13)17-12-14(2)19-18(20-17)21-24(22,23)16-6-4-3-5-7-16/h3-12H,1-2H3,(H,19,20,21). The lowest BCUT2D eigenvalue weighted by Crippen LogP contribution is -2.15. The average Bonchev–Trinajstić information content (AvgIpc) is 2.55.